The molecule has 0 bridgehead atoms. The summed E-state index contributed by atoms with van der Waals surface area (Å²) in [5, 5.41) is 9.97. The third-order valence-corrected chi connectivity index (χ3v) is 3.88. The predicted molar refractivity (Wildman–Crippen MR) is 84.0 cm³/mol. The number of aromatic hydroxyl groups is 1. The second-order valence-electron chi connectivity index (χ2n) is 4.90. The smallest absolute Gasteiger partial charge is 0.120 e. The highest BCUT2D eigenvalue weighted by atomic mass is 79.9. The molecule has 1 unspecified atom stereocenters. The van der Waals surface area contributed by atoms with Crippen molar-refractivity contribution in [2.45, 2.75) is 13.0 Å². The monoisotopic (exact) mass is 330 g/mol. The van der Waals surface area contributed by atoms with Crippen LogP contribution in [0.5, 0.6) is 5.75 Å². The van der Waals surface area contributed by atoms with Crippen molar-refractivity contribution >= 4 is 21.6 Å². The highest BCUT2D eigenvalue weighted by molar-refractivity contribution is 9.10. The van der Waals surface area contributed by atoms with Gasteiger partial charge in [-0.3, -0.25) is 0 Å². The van der Waals surface area contributed by atoms with E-state index in [1.807, 2.05) is 12.1 Å². The lowest BCUT2D eigenvalue weighted by Crippen LogP contribution is -2.26. The van der Waals surface area contributed by atoms with Crippen molar-refractivity contribution in [3.05, 3.63) is 69.7 Å². The molecule has 1 aliphatic rings. The first-order chi connectivity index (χ1) is 9.63. The van der Waals surface area contributed by atoms with Gasteiger partial charge >= 0.3 is 0 Å². The topological polar surface area (TPSA) is 44.3 Å². The van der Waals surface area contributed by atoms with Crippen molar-refractivity contribution in [3.63, 3.8) is 0 Å². The van der Waals surface area contributed by atoms with E-state index in [1.165, 1.54) is 5.56 Å². The van der Waals surface area contributed by atoms with Gasteiger partial charge in [-0.05, 0) is 36.8 Å². The number of hydrogen-bond acceptors (Lipinski definition) is 3. The SMILES string of the molecule is Cc1ccc(C2=CC(c3cc(Br)ccc3O)NN2)cc1. The van der Waals surface area contributed by atoms with Gasteiger partial charge in [0.2, 0.25) is 0 Å². The minimum Gasteiger partial charge on any atom is -0.508 e. The first kappa shape index (κ1) is 13.2. The Bertz CT molecular complexity index is 665. The molecule has 1 aliphatic heterocycles. The molecule has 1 heterocycles. The number of aryl methyl sites for hydroxylation is 1. The summed E-state index contributed by atoms with van der Waals surface area (Å²) in [6.07, 6.45) is 2.08. The van der Waals surface area contributed by atoms with Gasteiger partial charge in [0.25, 0.3) is 0 Å². The molecular formula is C16H15BrN2O. The van der Waals surface area contributed by atoms with E-state index < -0.39 is 0 Å². The summed E-state index contributed by atoms with van der Waals surface area (Å²) in [5.74, 6) is 0.286. The van der Waals surface area contributed by atoms with Gasteiger partial charge in [-0.1, -0.05) is 45.8 Å². The molecule has 0 aromatic heterocycles. The molecule has 3 N–H and O–H groups in total. The number of benzene rings is 2. The number of phenolic OH excluding ortho intramolecular Hbond substituents is 1. The van der Waals surface area contributed by atoms with E-state index in [2.05, 4.69) is 64.0 Å². The summed E-state index contributed by atoms with van der Waals surface area (Å²) in [6.45, 7) is 2.07. The highest BCUT2D eigenvalue weighted by Gasteiger charge is 2.20. The van der Waals surface area contributed by atoms with Gasteiger partial charge in [0.1, 0.15) is 5.75 Å². The second-order valence-corrected chi connectivity index (χ2v) is 5.81. The van der Waals surface area contributed by atoms with E-state index in [-0.39, 0.29) is 11.8 Å². The van der Waals surface area contributed by atoms with Crippen LogP contribution < -0.4 is 10.9 Å². The molecule has 3 nitrogen and oxygen atoms in total. The van der Waals surface area contributed by atoms with Gasteiger partial charge < -0.3 is 10.5 Å². The lowest BCUT2D eigenvalue weighted by atomic mass is 10.0. The molecule has 0 fully saturated rings. The molecule has 102 valence electrons. The molecule has 2 aromatic rings. The summed E-state index contributed by atoms with van der Waals surface area (Å²) in [5.41, 5.74) is 10.6. The molecule has 0 spiro atoms. The molecule has 1 atom stereocenters. The van der Waals surface area contributed by atoms with E-state index in [4.69, 9.17) is 0 Å². The zero-order chi connectivity index (χ0) is 14.1. The number of hydrazine groups is 1. The number of nitrogens with one attached hydrogen (secondary N) is 2. The third kappa shape index (κ3) is 2.57. The number of hydrogen-bond donors (Lipinski definition) is 3. The Balaban J connectivity index is 1.91. The van der Waals surface area contributed by atoms with Gasteiger partial charge in [-0.2, -0.15) is 0 Å². The van der Waals surface area contributed by atoms with Gasteiger partial charge in [-0.25, -0.2) is 5.43 Å². The molecule has 0 amide bonds. The van der Waals surface area contributed by atoms with Crippen LogP contribution in [-0.2, 0) is 0 Å². The Morgan fingerprint density at radius 1 is 1.10 bits per heavy atom. The molecule has 0 aliphatic carbocycles. The van der Waals surface area contributed by atoms with Gasteiger partial charge in [-0.15, -0.1) is 0 Å². The quantitative estimate of drug-likeness (QED) is 0.787. The average Bonchev–Trinajstić information content (AvgIpc) is 2.92. The minimum absolute atomic E-state index is 0.0520. The van der Waals surface area contributed by atoms with Crippen LogP contribution >= 0.6 is 15.9 Å². The van der Waals surface area contributed by atoms with Crippen LogP contribution in [0.2, 0.25) is 0 Å². The maximum absolute atomic E-state index is 9.97. The lowest BCUT2D eigenvalue weighted by Gasteiger charge is -2.11. The summed E-state index contributed by atoms with van der Waals surface area (Å²) in [4.78, 5) is 0. The fraction of sp³-hybridized carbons (Fsp3) is 0.125. The van der Waals surface area contributed by atoms with Crippen molar-refractivity contribution in [3.8, 4) is 5.75 Å². The van der Waals surface area contributed by atoms with Gasteiger partial charge in [0.15, 0.2) is 0 Å². The number of rotatable bonds is 2. The first-order valence-electron chi connectivity index (χ1n) is 6.42. The fourth-order valence-corrected chi connectivity index (χ4v) is 2.63. The van der Waals surface area contributed by atoms with E-state index >= 15 is 0 Å². The zero-order valence-electron chi connectivity index (χ0n) is 11.0. The van der Waals surface area contributed by atoms with Crippen molar-refractivity contribution in [1.29, 1.82) is 0 Å². The van der Waals surface area contributed by atoms with Gasteiger partial charge in [0, 0.05) is 10.0 Å². The Hall–Kier alpha value is -1.78. The van der Waals surface area contributed by atoms with Crippen LogP contribution in [0.25, 0.3) is 5.70 Å². The van der Waals surface area contributed by atoms with Crippen LogP contribution in [0.1, 0.15) is 22.7 Å². The summed E-state index contributed by atoms with van der Waals surface area (Å²) in [6, 6.07) is 13.7. The molecule has 20 heavy (non-hydrogen) atoms. The lowest BCUT2D eigenvalue weighted by molar-refractivity contribution is 0.458. The maximum Gasteiger partial charge on any atom is 0.120 e. The Morgan fingerprint density at radius 3 is 2.60 bits per heavy atom. The molecule has 4 heteroatoms. The predicted octanol–water partition coefficient (Wildman–Crippen LogP) is 3.65. The van der Waals surface area contributed by atoms with Gasteiger partial charge in [0.05, 0.1) is 11.7 Å². The number of halogens is 1. The van der Waals surface area contributed by atoms with Crippen molar-refractivity contribution < 1.29 is 5.11 Å². The number of phenols is 1. The molecule has 0 saturated carbocycles. The molecule has 3 rings (SSSR count). The fourth-order valence-electron chi connectivity index (χ4n) is 2.25. The van der Waals surface area contributed by atoms with Crippen LogP contribution in [0.15, 0.2) is 53.0 Å². The van der Waals surface area contributed by atoms with E-state index in [0.29, 0.717) is 0 Å². The maximum atomic E-state index is 9.97. The van der Waals surface area contributed by atoms with Crippen LogP contribution in [0.3, 0.4) is 0 Å². The van der Waals surface area contributed by atoms with Crippen LogP contribution in [0.4, 0.5) is 0 Å². The second kappa shape index (κ2) is 5.31. The van der Waals surface area contributed by atoms with E-state index in [0.717, 1.165) is 21.3 Å². The average molecular weight is 331 g/mol. The molecule has 2 aromatic carbocycles. The Labute approximate surface area is 126 Å². The van der Waals surface area contributed by atoms with E-state index in [1.54, 1.807) is 6.07 Å². The zero-order valence-corrected chi connectivity index (χ0v) is 12.6. The summed E-state index contributed by atoms with van der Waals surface area (Å²) in [7, 11) is 0. The Morgan fingerprint density at radius 2 is 1.85 bits per heavy atom. The Kier molecular flexibility index (Phi) is 3.51. The van der Waals surface area contributed by atoms with Crippen LogP contribution in [-0.4, -0.2) is 5.11 Å². The largest absolute Gasteiger partial charge is 0.508 e. The van der Waals surface area contributed by atoms with Crippen molar-refractivity contribution in [2.75, 3.05) is 0 Å². The third-order valence-electron chi connectivity index (χ3n) is 3.38. The molecule has 0 saturated heterocycles. The molecular weight excluding hydrogens is 316 g/mol. The highest BCUT2D eigenvalue weighted by Crippen LogP contribution is 2.31. The summed E-state index contributed by atoms with van der Waals surface area (Å²) >= 11 is 3.43. The van der Waals surface area contributed by atoms with Crippen LogP contribution in [0, 0.1) is 6.92 Å². The first-order valence-corrected chi connectivity index (χ1v) is 7.21. The normalized spacial score (nSPS) is 17.7. The standard InChI is InChI=1S/C16H15BrN2O/c1-10-2-4-11(5-3-10)14-9-15(19-18-14)13-8-12(17)6-7-16(13)20/h2-9,15,18-20H,1H3. The minimum atomic E-state index is -0.0520. The van der Waals surface area contributed by atoms with Crippen molar-refractivity contribution in [1.82, 2.24) is 10.9 Å². The summed E-state index contributed by atoms with van der Waals surface area (Å²) < 4.78 is 0.948. The van der Waals surface area contributed by atoms with Crippen molar-refractivity contribution in [2.24, 2.45) is 0 Å². The molecule has 0 radical (unpaired) electrons. The van der Waals surface area contributed by atoms with E-state index in [9.17, 15) is 5.11 Å².